The Hall–Kier alpha value is -4.56. The van der Waals surface area contributed by atoms with Crippen LogP contribution in [0.1, 0.15) is 43.2 Å². The van der Waals surface area contributed by atoms with E-state index in [-0.39, 0.29) is 30.1 Å². The van der Waals surface area contributed by atoms with Gasteiger partial charge in [0.25, 0.3) is 5.56 Å². The largest absolute Gasteiger partial charge is 0.497 e. The van der Waals surface area contributed by atoms with Crippen LogP contribution >= 0.6 is 7.82 Å². The number of nitrogens with zero attached hydrogens (tertiary/aromatic N) is 3. The molecule has 0 unspecified atom stereocenters. The molecule has 5 aromatic rings. The smallest absolute Gasteiger partial charge is 0.469 e. The van der Waals surface area contributed by atoms with Gasteiger partial charge in [-0.2, -0.15) is 4.98 Å². The molecular weight excluding hydrogens is 665 g/mol. The molecule has 0 aliphatic carbocycles. The number of fused-ring (bicyclic) bond motifs is 1. The number of hydrogen-bond acceptors (Lipinski definition) is 10. The van der Waals surface area contributed by atoms with Crippen LogP contribution in [0, 0.1) is 5.92 Å². The van der Waals surface area contributed by atoms with E-state index in [0.29, 0.717) is 24.0 Å². The second-order valence-corrected chi connectivity index (χ2v) is 13.5. The lowest BCUT2D eigenvalue weighted by molar-refractivity contribution is -0.0921. The van der Waals surface area contributed by atoms with Crippen molar-refractivity contribution in [3.63, 3.8) is 0 Å². The normalized spacial score (nSPS) is 18.1. The van der Waals surface area contributed by atoms with Crippen molar-refractivity contribution in [1.29, 1.82) is 0 Å². The molecule has 3 heterocycles. The molecule has 0 amide bonds. The third kappa shape index (κ3) is 7.46. The van der Waals surface area contributed by atoms with Gasteiger partial charge in [0, 0.05) is 13.0 Å². The zero-order valence-corrected chi connectivity index (χ0v) is 28.9. The fraction of sp³-hybridized carbons (Fsp3) is 0.343. The van der Waals surface area contributed by atoms with E-state index >= 15 is 0 Å². The molecule has 14 nitrogen and oxygen atoms in total. The molecule has 1 aliphatic heterocycles. The van der Waals surface area contributed by atoms with Crippen LogP contribution in [-0.4, -0.2) is 68.9 Å². The highest BCUT2D eigenvalue weighted by Gasteiger charge is 2.45. The van der Waals surface area contributed by atoms with Gasteiger partial charge < -0.3 is 34.1 Å². The van der Waals surface area contributed by atoms with Crippen LogP contribution in [0.15, 0.2) is 90.0 Å². The number of phosphoric acid groups is 1. The summed E-state index contributed by atoms with van der Waals surface area (Å²) in [5.41, 5.74) is 1.01. The number of methoxy groups -OCH3 is 2. The summed E-state index contributed by atoms with van der Waals surface area (Å²) in [5.74, 6) is 1.88. The Bertz CT molecular complexity index is 1950. The van der Waals surface area contributed by atoms with Gasteiger partial charge in [-0.05, 0) is 46.9 Å². The zero-order chi connectivity index (χ0) is 35.5. The molecule has 3 atom stereocenters. The average Bonchev–Trinajstić information content (AvgIpc) is 3.72. The van der Waals surface area contributed by atoms with Crippen molar-refractivity contribution in [2.24, 2.45) is 5.92 Å². The summed E-state index contributed by atoms with van der Waals surface area (Å²) in [4.78, 5) is 44.2. The van der Waals surface area contributed by atoms with Gasteiger partial charge in [0.1, 0.15) is 35.5 Å². The maximum absolute atomic E-state index is 12.9. The number of aromatic nitrogens is 4. The molecule has 6 rings (SSSR count). The SMILES string of the molecule is COc1ccc(C(OC[C@H]2O[C@@H](n3cnc4c(=O)[nH]c(NCC(C)C)nc43)C[C@@H]2OP(=O)(O)O)(c2ccccc2)c2ccc(OC)cc2)cc1. The van der Waals surface area contributed by atoms with Crippen molar-refractivity contribution >= 4 is 24.9 Å². The van der Waals surface area contributed by atoms with E-state index in [4.69, 9.17) is 23.5 Å². The molecule has 2 aromatic heterocycles. The van der Waals surface area contributed by atoms with E-state index < -0.39 is 37.4 Å². The Morgan fingerprint density at radius 3 is 2.14 bits per heavy atom. The molecule has 4 N–H and O–H groups in total. The second kappa shape index (κ2) is 14.7. The van der Waals surface area contributed by atoms with E-state index in [9.17, 15) is 19.1 Å². The van der Waals surface area contributed by atoms with Crippen LogP contribution in [-0.2, 0) is 24.2 Å². The van der Waals surface area contributed by atoms with E-state index in [2.05, 4.69) is 20.3 Å². The topological polar surface area (TPSA) is 179 Å². The highest BCUT2D eigenvalue weighted by molar-refractivity contribution is 7.46. The molecule has 0 radical (unpaired) electrons. The van der Waals surface area contributed by atoms with Gasteiger partial charge in [-0.1, -0.05) is 68.4 Å². The Morgan fingerprint density at radius 1 is 0.980 bits per heavy atom. The number of hydrogen-bond donors (Lipinski definition) is 4. The minimum atomic E-state index is -4.96. The zero-order valence-electron chi connectivity index (χ0n) is 28.1. The summed E-state index contributed by atoms with van der Waals surface area (Å²) in [6, 6.07) is 24.6. The second-order valence-electron chi connectivity index (χ2n) is 12.3. The number of H-pyrrole nitrogens is 1. The first-order valence-corrected chi connectivity index (χ1v) is 17.6. The maximum Gasteiger partial charge on any atom is 0.469 e. The van der Waals surface area contributed by atoms with Crippen LogP contribution in [0.2, 0.25) is 0 Å². The first kappa shape index (κ1) is 35.3. The number of benzene rings is 3. The Labute approximate surface area is 288 Å². The van der Waals surface area contributed by atoms with Crippen molar-refractivity contribution in [3.8, 4) is 11.5 Å². The van der Waals surface area contributed by atoms with Crippen molar-refractivity contribution in [3.05, 3.63) is 112 Å². The Kier molecular flexibility index (Phi) is 10.4. The fourth-order valence-electron chi connectivity index (χ4n) is 6.11. The van der Waals surface area contributed by atoms with Gasteiger partial charge in [0.15, 0.2) is 11.2 Å². The standard InChI is InChI=1S/C35H40N5O9P/c1-22(2)19-36-34-38-32-31(33(41)39-34)37-21-40(32)30-18-28(49-50(42,43)44)29(48-30)20-47-35(23-8-6-5-7-9-23,24-10-14-26(45-3)15-11-24)25-12-16-27(46-4)17-13-25/h5-17,21-22,28-30H,18-20H2,1-4H3,(H2,42,43,44)(H2,36,38,39,41)/t28-,29+,30+/m0/s1. The summed E-state index contributed by atoms with van der Waals surface area (Å²) >= 11 is 0. The summed E-state index contributed by atoms with van der Waals surface area (Å²) < 4.78 is 43.4. The number of aromatic amines is 1. The number of nitrogens with one attached hydrogen (secondary N) is 2. The minimum absolute atomic E-state index is 0.0112. The number of anilines is 1. The lowest BCUT2D eigenvalue weighted by atomic mass is 9.80. The molecule has 0 bridgehead atoms. The van der Waals surface area contributed by atoms with Gasteiger partial charge in [-0.15, -0.1) is 0 Å². The lowest BCUT2D eigenvalue weighted by Crippen LogP contribution is -2.38. The van der Waals surface area contributed by atoms with Gasteiger partial charge in [-0.3, -0.25) is 18.9 Å². The third-order valence-corrected chi connectivity index (χ3v) is 9.06. The van der Waals surface area contributed by atoms with E-state index in [1.54, 1.807) is 18.8 Å². The minimum Gasteiger partial charge on any atom is -0.497 e. The summed E-state index contributed by atoms with van der Waals surface area (Å²) in [5, 5.41) is 3.12. The van der Waals surface area contributed by atoms with E-state index in [0.717, 1.165) is 16.7 Å². The van der Waals surface area contributed by atoms with Crippen molar-refractivity contribution in [1.82, 2.24) is 19.5 Å². The third-order valence-electron chi connectivity index (χ3n) is 8.51. The fourth-order valence-corrected chi connectivity index (χ4v) is 6.69. The van der Waals surface area contributed by atoms with Gasteiger partial charge >= 0.3 is 7.82 Å². The number of rotatable bonds is 14. The van der Waals surface area contributed by atoms with Crippen molar-refractivity contribution < 1.29 is 37.8 Å². The van der Waals surface area contributed by atoms with E-state index in [1.807, 2.05) is 92.7 Å². The molecular formula is C35H40N5O9P. The number of phosphoric ester groups is 1. The lowest BCUT2D eigenvalue weighted by Gasteiger charge is -2.37. The molecule has 1 aliphatic rings. The molecule has 0 saturated carbocycles. The van der Waals surface area contributed by atoms with Crippen LogP contribution in [0.4, 0.5) is 5.95 Å². The Morgan fingerprint density at radius 2 is 1.58 bits per heavy atom. The van der Waals surface area contributed by atoms with Crippen molar-refractivity contribution in [2.45, 2.75) is 44.3 Å². The molecule has 15 heteroatoms. The van der Waals surface area contributed by atoms with Gasteiger partial charge in [0.05, 0.1) is 27.2 Å². The van der Waals surface area contributed by atoms with Crippen LogP contribution < -0.4 is 20.3 Å². The predicted octanol–water partition coefficient (Wildman–Crippen LogP) is 4.98. The molecule has 264 valence electrons. The van der Waals surface area contributed by atoms with Gasteiger partial charge in [-0.25, -0.2) is 9.55 Å². The summed E-state index contributed by atoms with van der Waals surface area (Å²) in [7, 11) is -1.78. The molecule has 1 fully saturated rings. The van der Waals surface area contributed by atoms with Crippen molar-refractivity contribution in [2.75, 3.05) is 32.7 Å². The number of ether oxygens (including phenoxy) is 4. The van der Waals surface area contributed by atoms with Crippen LogP contribution in [0.3, 0.4) is 0 Å². The molecule has 1 saturated heterocycles. The Balaban J connectivity index is 1.39. The highest BCUT2D eigenvalue weighted by Crippen LogP contribution is 2.46. The average molecular weight is 706 g/mol. The molecule has 50 heavy (non-hydrogen) atoms. The van der Waals surface area contributed by atoms with E-state index in [1.165, 1.54) is 6.33 Å². The number of imidazole rings is 1. The summed E-state index contributed by atoms with van der Waals surface area (Å²) in [6.07, 6.45) is -1.48. The highest BCUT2D eigenvalue weighted by atomic mass is 31.2. The molecule has 3 aromatic carbocycles. The predicted molar refractivity (Wildman–Crippen MR) is 185 cm³/mol. The first-order chi connectivity index (χ1) is 24.0. The van der Waals surface area contributed by atoms with Crippen LogP contribution in [0.25, 0.3) is 11.2 Å². The van der Waals surface area contributed by atoms with Gasteiger partial charge in [0.2, 0.25) is 5.95 Å². The summed E-state index contributed by atoms with van der Waals surface area (Å²) in [6.45, 7) is 4.47. The quantitative estimate of drug-likeness (QED) is 0.0901. The first-order valence-electron chi connectivity index (χ1n) is 16.1. The maximum atomic E-state index is 12.9. The monoisotopic (exact) mass is 705 g/mol. The van der Waals surface area contributed by atoms with Crippen LogP contribution in [0.5, 0.6) is 11.5 Å². The molecule has 0 spiro atoms.